The highest BCUT2D eigenvalue weighted by Gasteiger charge is 2.09. The summed E-state index contributed by atoms with van der Waals surface area (Å²) in [6, 6.07) is -0.223. The molecule has 0 fully saturated rings. The summed E-state index contributed by atoms with van der Waals surface area (Å²) in [5.41, 5.74) is 0. The third-order valence-electron chi connectivity index (χ3n) is 1.66. The zero-order valence-electron chi connectivity index (χ0n) is 8.07. The van der Waals surface area contributed by atoms with Gasteiger partial charge in [0.15, 0.2) is 0 Å². The first-order valence-corrected chi connectivity index (χ1v) is 3.86. The zero-order valence-corrected chi connectivity index (χ0v) is 8.07. The Kier molecular flexibility index (Phi) is 4.64. The molecule has 3 amide bonds. The number of amides is 3. The number of hydrogen-bond acceptors (Lipinski definition) is 2. The Morgan fingerprint density at radius 3 is 2.08 bits per heavy atom. The number of hydrogen-bond donors (Lipinski definition) is 2. The van der Waals surface area contributed by atoms with E-state index in [4.69, 9.17) is 5.11 Å². The predicted octanol–water partition coefficient (Wildman–Crippen LogP) is -0.133. The van der Waals surface area contributed by atoms with Gasteiger partial charge in [-0.25, -0.2) is 9.59 Å². The molecule has 0 aromatic carbocycles. The second-order valence-electron chi connectivity index (χ2n) is 2.68. The fourth-order valence-electron chi connectivity index (χ4n) is 0.688. The quantitative estimate of drug-likeness (QED) is 0.649. The highest BCUT2D eigenvalue weighted by molar-refractivity contribution is 5.73. The van der Waals surface area contributed by atoms with Crippen LogP contribution in [0.1, 0.15) is 0 Å². The maximum atomic E-state index is 10.9. The van der Waals surface area contributed by atoms with E-state index in [1.54, 1.807) is 7.05 Å². The normalized spacial score (nSPS) is 9.15. The fourth-order valence-corrected chi connectivity index (χ4v) is 0.688. The summed E-state index contributed by atoms with van der Waals surface area (Å²) in [5.74, 6) is 0. The van der Waals surface area contributed by atoms with Crippen molar-refractivity contribution in [2.75, 3.05) is 34.2 Å². The highest BCUT2D eigenvalue weighted by atomic mass is 16.4. The number of urea groups is 1. The van der Waals surface area contributed by atoms with E-state index in [9.17, 15) is 9.59 Å². The van der Waals surface area contributed by atoms with Crippen LogP contribution in [0.3, 0.4) is 0 Å². The van der Waals surface area contributed by atoms with E-state index in [2.05, 4.69) is 5.32 Å². The molecule has 0 aromatic rings. The lowest BCUT2D eigenvalue weighted by Crippen LogP contribution is -2.40. The largest absolute Gasteiger partial charge is 0.465 e. The number of rotatable bonds is 3. The molecule has 0 rings (SSSR count). The van der Waals surface area contributed by atoms with Crippen molar-refractivity contribution in [3.05, 3.63) is 0 Å². The van der Waals surface area contributed by atoms with Crippen LogP contribution in [-0.2, 0) is 0 Å². The van der Waals surface area contributed by atoms with Crippen LogP contribution in [0, 0.1) is 0 Å². The third-order valence-corrected chi connectivity index (χ3v) is 1.66. The Hall–Kier alpha value is -1.46. The topological polar surface area (TPSA) is 72.9 Å². The molecule has 0 aromatic heterocycles. The molecule has 0 spiro atoms. The first kappa shape index (κ1) is 11.5. The molecule has 0 atom stereocenters. The Bertz CT molecular complexity index is 195. The van der Waals surface area contributed by atoms with Gasteiger partial charge in [-0.2, -0.15) is 0 Å². The van der Waals surface area contributed by atoms with Gasteiger partial charge < -0.3 is 20.2 Å². The molecule has 0 aliphatic carbocycles. The molecule has 0 bridgehead atoms. The van der Waals surface area contributed by atoms with Gasteiger partial charge in [-0.3, -0.25) is 0 Å². The summed E-state index contributed by atoms with van der Waals surface area (Å²) in [7, 11) is 4.59. The molecule has 0 radical (unpaired) electrons. The van der Waals surface area contributed by atoms with Crippen LogP contribution in [0.25, 0.3) is 0 Å². The number of nitrogens with zero attached hydrogens (tertiary/aromatic N) is 2. The van der Waals surface area contributed by atoms with Crippen molar-refractivity contribution in [3.8, 4) is 0 Å². The summed E-state index contributed by atoms with van der Waals surface area (Å²) < 4.78 is 0. The SMILES string of the molecule is CNC(=O)N(C)CCN(C)C(=O)O. The van der Waals surface area contributed by atoms with Crippen molar-refractivity contribution < 1.29 is 14.7 Å². The molecule has 0 saturated carbocycles. The molecule has 0 saturated heterocycles. The molecule has 76 valence electrons. The highest BCUT2D eigenvalue weighted by Crippen LogP contribution is 1.87. The van der Waals surface area contributed by atoms with Gasteiger partial charge in [0.25, 0.3) is 0 Å². The van der Waals surface area contributed by atoms with Crippen LogP contribution in [-0.4, -0.2) is 61.3 Å². The van der Waals surface area contributed by atoms with Gasteiger partial charge in [0.2, 0.25) is 0 Å². The van der Waals surface area contributed by atoms with Crippen LogP contribution in [0.4, 0.5) is 9.59 Å². The lowest BCUT2D eigenvalue weighted by molar-refractivity contribution is 0.150. The van der Waals surface area contributed by atoms with Gasteiger partial charge in [-0.05, 0) is 0 Å². The van der Waals surface area contributed by atoms with Crippen LogP contribution in [0.15, 0.2) is 0 Å². The minimum atomic E-state index is -0.995. The van der Waals surface area contributed by atoms with Crippen LogP contribution in [0.2, 0.25) is 0 Å². The first-order valence-electron chi connectivity index (χ1n) is 3.86. The van der Waals surface area contributed by atoms with E-state index in [1.807, 2.05) is 0 Å². The van der Waals surface area contributed by atoms with Gasteiger partial charge in [0.1, 0.15) is 0 Å². The zero-order chi connectivity index (χ0) is 10.4. The molecule has 0 aliphatic rings. The summed E-state index contributed by atoms with van der Waals surface area (Å²) >= 11 is 0. The molecular formula is C7H15N3O3. The van der Waals surface area contributed by atoms with E-state index < -0.39 is 6.09 Å². The van der Waals surface area contributed by atoms with E-state index >= 15 is 0 Å². The van der Waals surface area contributed by atoms with E-state index in [0.29, 0.717) is 13.1 Å². The predicted molar refractivity (Wildman–Crippen MR) is 47.7 cm³/mol. The van der Waals surface area contributed by atoms with Crippen LogP contribution < -0.4 is 5.32 Å². The van der Waals surface area contributed by atoms with E-state index in [0.717, 1.165) is 4.90 Å². The second kappa shape index (κ2) is 5.23. The summed E-state index contributed by atoms with van der Waals surface area (Å²) in [5, 5.41) is 10.9. The number of carbonyl (C=O) groups is 2. The van der Waals surface area contributed by atoms with Gasteiger partial charge >= 0.3 is 12.1 Å². The molecule has 0 heterocycles. The molecule has 2 N–H and O–H groups in total. The fraction of sp³-hybridized carbons (Fsp3) is 0.714. The number of carboxylic acid groups (broad SMARTS) is 1. The minimum Gasteiger partial charge on any atom is -0.465 e. The molecule has 0 aliphatic heterocycles. The molecule has 0 unspecified atom stereocenters. The summed E-state index contributed by atoms with van der Waals surface area (Å²) in [6.45, 7) is 0.682. The molecular weight excluding hydrogens is 174 g/mol. The standard InChI is InChI=1S/C7H15N3O3/c1-8-6(11)9(2)4-5-10(3)7(12)13/h4-5H2,1-3H3,(H,8,11)(H,12,13). The first-order chi connectivity index (χ1) is 5.99. The Labute approximate surface area is 77.1 Å². The lowest BCUT2D eigenvalue weighted by atomic mass is 10.5. The molecule has 13 heavy (non-hydrogen) atoms. The van der Waals surface area contributed by atoms with Gasteiger partial charge in [-0.1, -0.05) is 0 Å². The van der Waals surface area contributed by atoms with Gasteiger partial charge in [0.05, 0.1) is 0 Å². The maximum Gasteiger partial charge on any atom is 0.407 e. The second-order valence-corrected chi connectivity index (χ2v) is 2.68. The number of likely N-dealkylation sites (N-methyl/N-ethyl adjacent to an activating group) is 2. The Morgan fingerprint density at radius 2 is 1.69 bits per heavy atom. The number of carbonyl (C=O) groups excluding carboxylic acids is 1. The maximum absolute atomic E-state index is 10.9. The molecule has 6 heteroatoms. The third kappa shape index (κ3) is 4.19. The lowest BCUT2D eigenvalue weighted by Gasteiger charge is -2.19. The van der Waals surface area contributed by atoms with Crippen molar-refractivity contribution in [1.29, 1.82) is 0 Å². The van der Waals surface area contributed by atoms with Crippen molar-refractivity contribution in [3.63, 3.8) is 0 Å². The number of nitrogens with one attached hydrogen (secondary N) is 1. The average molecular weight is 189 g/mol. The summed E-state index contributed by atoms with van der Waals surface area (Å²) in [6.07, 6.45) is -0.995. The monoisotopic (exact) mass is 189 g/mol. The van der Waals surface area contributed by atoms with E-state index in [1.165, 1.54) is 19.0 Å². The average Bonchev–Trinajstić information content (AvgIpc) is 2.11. The minimum absolute atomic E-state index is 0.223. The van der Waals surface area contributed by atoms with Crippen molar-refractivity contribution in [2.45, 2.75) is 0 Å². The van der Waals surface area contributed by atoms with Crippen LogP contribution in [0.5, 0.6) is 0 Å². The van der Waals surface area contributed by atoms with Crippen molar-refractivity contribution in [1.82, 2.24) is 15.1 Å². The van der Waals surface area contributed by atoms with Gasteiger partial charge in [-0.15, -0.1) is 0 Å². The van der Waals surface area contributed by atoms with E-state index in [-0.39, 0.29) is 6.03 Å². The van der Waals surface area contributed by atoms with Crippen LogP contribution >= 0.6 is 0 Å². The smallest absolute Gasteiger partial charge is 0.407 e. The Balaban J connectivity index is 3.76. The summed E-state index contributed by atoms with van der Waals surface area (Å²) in [4.78, 5) is 23.8. The molecule has 6 nitrogen and oxygen atoms in total. The van der Waals surface area contributed by atoms with Crippen molar-refractivity contribution in [2.24, 2.45) is 0 Å². The van der Waals surface area contributed by atoms with Crippen molar-refractivity contribution >= 4 is 12.1 Å². The Morgan fingerprint density at radius 1 is 1.23 bits per heavy atom. The van der Waals surface area contributed by atoms with Gasteiger partial charge in [0, 0.05) is 34.2 Å².